The van der Waals surface area contributed by atoms with E-state index in [4.69, 9.17) is 14.2 Å². The smallest absolute Gasteiger partial charge is 0.338 e. The molecule has 1 aromatic heterocycles. The molecule has 0 saturated heterocycles. The number of fused-ring (bicyclic) bond motifs is 1. The zero-order chi connectivity index (χ0) is 22.5. The van der Waals surface area contributed by atoms with Gasteiger partial charge in [0.2, 0.25) is 0 Å². The maximum absolute atomic E-state index is 12.4. The number of nitrogens with zero attached hydrogens (tertiary/aromatic N) is 2. The zero-order valence-corrected chi connectivity index (χ0v) is 17.3. The van der Waals surface area contributed by atoms with Crippen molar-refractivity contribution in [3.8, 4) is 11.5 Å². The molecule has 2 aromatic carbocycles. The molecule has 0 unspecified atom stereocenters. The van der Waals surface area contributed by atoms with Gasteiger partial charge in [0.1, 0.15) is 13.2 Å². The van der Waals surface area contributed by atoms with Gasteiger partial charge in [-0.25, -0.2) is 4.79 Å². The van der Waals surface area contributed by atoms with E-state index in [0.29, 0.717) is 23.7 Å². The maximum Gasteiger partial charge on any atom is 0.338 e. The van der Waals surface area contributed by atoms with Crippen molar-refractivity contribution >= 4 is 17.8 Å². The number of esters is 1. The van der Waals surface area contributed by atoms with Crippen molar-refractivity contribution in [2.75, 3.05) is 20.3 Å². The lowest BCUT2D eigenvalue weighted by Crippen LogP contribution is -2.33. The van der Waals surface area contributed by atoms with Gasteiger partial charge >= 0.3 is 5.97 Å². The highest BCUT2D eigenvalue weighted by atomic mass is 16.5. The highest BCUT2D eigenvalue weighted by Crippen LogP contribution is 2.29. The average molecular weight is 432 g/mol. The Hall–Kier alpha value is -4.20. The Balaban J connectivity index is 1.34. The summed E-state index contributed by atoms with van der Waals surface area (Å²) in [6.45, 7) is 0.177. The number of rotatable bonds is 8. The fourth-order valence-electron chi connectivity index (χ4n) is 3.30. The van der Waals surface area contributed by atoms with Crippen molar-refractivity contribution in [1.29, 1.82) is 0 Å². The summed E-state index contributed by atoms with van der Waals surface area (Å²) in [6, 6.07) is 15.9. The number of ether oxygens (including phenoxy) is 3. The highest BCUT2D eigenvalue weighted by molar-refractivity contribution is 6.21. The predicted molar refractivity (Wildman–Crippen MR) is 114 cm³/mol. The van der Waals surface area contributed by atoms with Crippen molar-refractivity contribution in [1.82, 2.24) is 9.88 Å². The number of methoxy groups -OCH3 is 1. The molecule has 0 spiro atoms. The zero-order valence-electron chi connectivity index (χ0n) is 17.3. The van der Waals surface area contributed by atoms with Crippen molar-refractivity contribution in [2.24, 2.45) is 0 Å². The summed E-state index contributed by atoms with van der Waals surface area (Å²) in [6.07, 6.45) is 2.81. The lowest BCUT2D eigenvalue weighted by molar-refractivity contribution is 0.0420. The Morgan fingerprint density at radius 2 is 1.75 bits per heavy atom. The molecule has 0 N–H and O–H groups in total. The van der Waals surface area contributed by atoms with Crippen molar-refractivity contribution in [2.45, 2.75) is 6.61 Å². The number of carbonyl (C=O) groups excluding carboxylic acids is 3. The minimum atomic E-state index is -0.601. The molecule has 0 atom stereocenters. The maximum atomic E-state index is 12.4. The van der Waals surface area contributed by atoms with Gasteiger partial charge in [-0.3, -0.25) is 19.5 Å². The predicted octanol–water partition coefficient (Wildman–Crippen LogP) is 3.12. The van der Waals surface area contributed by atoms with E-state index in [0.717, 1.165) is 10.5 Å². The van der Waals surface area contributed by atoms with Crippen LogP contribution in [0.25, 0.3) is 0 Å². The van der Waals surface area contributed by atoms with E-state index in [2.05, 4.69) is 4.98 Å². The average Bonchev–Trinajstić information content (AvgIpc) is 3.08. The summed E-state index contributed by atoms with van der Waals surface area (Å²) >= 11 is 0. The van der Waals surface area contributed by atoms with Crippen LogP contribution in [-0.4, -0.2) is 47.9 Å². The molecule has 8 nitrogen and oxygen atoms in total. The van der Waals surface area contributed by atoms with Crippen LogP contribution in [-0.2, 0) is 11.3 Å². The molecule has 8 heteroatoms. The molecule has 32 heavy (non-hydrogen) atoms. The number of carbonyl (C=O) groups is 3. The largest absolute Gasteiger partial charge is 0.493 e. The Bertz CT molecular complexity index is 1130. The first-order chi connectivity index (χ1) is 15.6. The van der Waals surface area contributed by atoms with Crippen LogP contribution in [0.5, 0.6) is 11.5 Å². The van der Waals surface area contributed by atoms with Gasteiger partial charge in [0.25, 0.3) is 11.8 Å². The Morgan fingerprint density at radius 3 is 2.50 bits per heavy atom. The van der Waals surface area contributed by atoms with E-state index in [1.54, 1.807) is 12.1 Å². The molecule has 0 saturated carbocycles. The molecule has 3 aromatic rings. The quantitative estimate of drug-likeness (QED) is 0.399. The lowest BCUT2D eigenvalue weighted by atomic mass is 10.2. The van der Waals surface area contributed by atoms with Gasteiger partial charge in [-0.2, -0.15) is 0 Å². The molecule has 1 aliphatic heterocycles. The number of imide groups is 1. The third-order valence-electron chi connectivity index (χ3n) is 4.96. The molecular weight excluding hydrogens is 412 g/mol. The summed E-state index contributed by atoms with van der Waals surface area (Å²) in [5.74, 6) is -0.590. The molecule has 2 heterocycles. The van der Waals surface area contributed by atoms with E-state index in [-0.39, 0.29) is 24.3 Å². The Kier molecular flexibility index (Phi) is 6.12. The third kappa shape index (κ3) is 4.29. The number of hydrogen-bond acceptors (Lipinski definition) is 7. The second kappa shape index (κ2) is 9.30. The van der Waals surface area contributed by atoms with Crippen LogP contribution in [0.15, 0.2) is 67.0 Å². The number of aromatic nitrogens is 1. The molecule has 0 fully saturated rings. The van der Waals surface area contributed by atoms with Crippen LogP contribution in [0.3, 0.4) is 0 Å². The fourth-order valence-corrected chi connectivity index (χ4v) is 3.30. The first-order valence-electron chi connectivity index (χ1n) is 9.90. The molecule has 162 valence electrons. The van der Waals surface area contributed by atoms with Gasteiger partial charge in [0, 0.05) is 12.4 Å². The van der Waals surface area contributed by atoms with Crippen LogP contribution in [0.1, 0.15) is 36.6 Å². The normalized spacial score (nSPS) is 12.5. The molecule has 2 amide bonds. The fraction of sp³-hybridized carbons (Fsp3) is 0.167. The van der Waals surface area contributed by atoms with Gasteiger partial charge < -0.3 is 14.2 Å². The lowest BCUT2D eigenvalue weighted by Gasteiger charge is -2.14. The third-order valence-corrected chi connectivity index (χ3v) is 4.96. The summed E-state index contributed by atoms with van der Waals surface area (Å²) in [5, 5.41) is 0. The van der Waals surface area contributed by atoms with E-state index in [1.165, 1.54) is 31.6 Å². The molecular formula is C24H20N2O6. The molecule has 1 aliphatic rings. The van der Waals surface area contributed by atoms with Crippen molar-refractivity contribution < 1.29 is 28.6 Å². The van der Waals surface area contributed by atoms with Crippen molar-refractivity contribution in [3.05, 3.63) is 89.2 Å². The van der Waals surface area contributed by atoms with Crippen molar-refractivity contribution in [3.63, 3.8) is 0 Å². The molecule has 4 rings (SSSR count). The SMILES string of the molecule is COc1cc(C(=O)OCCN2C(=O)c3ccncc3C2=O)ccc1OCc1ccccc1. The molecule has 0 radical (unpaired) electrons. The molecule has 0 aliphatic carbocycles. The van der Waals surface area contributed by atoms with Crippen LogP contribution in [0, 0.1) is 0 Å². The van der Waals surface area contributed by atoms with E-state index >= 15 is 0 Å². The van der Waals surface area contributed by atoms with Crippen LogP contribution < -0.4 is 9.47 Å². The topological polar surface area (TPSA) is 95.0 Å². The second-order valence-electron chi connectivity index (χ2n) is 6.96. The first-order valence-corrected chi connectivity index (χ1v) is 9.90. The highest BCUT2D eigenvalue weighted by Gasteiger charge is 2.35. The summed E-state index contributed by atoms with van der Waals surface area (Å²) in [4.78, 5) is 42.0. The van der Waals surface area contributed by atoms with Gasteiger partial charge in [0.15, 0.2) is 11.5 Å². The van der Waals surface area contributed by atoms with Crippen LogP contribution in [0.4, 0.5) is 0 Å². The monoisotopic (exact) mass is 432 g/mol. The van der Waals surface area contributed by atoms with E-state index in [9.17, 15) is 14.4 Å². The minimum Gasteiger partial charge on any atom is -0.493 e. The number of amides is 2. The van der Waals surface area contributed by atoms with Gasteiger partial charge in [-0.05, 0) is 29.8 Å². The second-order valence-corrected chi connectivity index (χ2v) is 6.96. The van der Waals surface area contributed by atoms with Gasteiger partial charge in [-0.1, -0.05) is 30.3 Å². The standard InChI is InChI=1S/C24H20N2O6/c1-30-21-13-17(7-8-20(21)32-15-16-5-3-2-4-6-16)24(29)31-12-11-26-22(27)18-9-10-25-14-19(18)23(26)28/h2-10,13-14H,11-12,15H2,1H3. The molecule has 0 bridgehead atoms. The summed E-state index contributed by atoms with van der Waals surface area (Å²) in [7, 11) is 1.48. The van der Waals surface area contributed by atoms with E-state index < -0.39 is 17.8 Å². The Morgan fingerprint density at radius 1 is 0.969 bits per heavy atom. The van der Waals surface area contributed by atoms with Gasteiger partial charge in [0.05, 0.1) is 30.3 Å². The van der Waals surface area contributed by atoms with Gasteiger partial charge in [-0.15, -0.1) is 0 Å². The van der Waals surface area contributed by atoms with Crippen LogP contribution in [0.2, 0.25) is 0 Å². The number of pyridine rings is 1. The minimum absolute atomic E-state index is 0.0481. The number of benzene rings is 2. The van der Waals surface area contributed by atoms with E-state index in [1.807, 2.05) is 30.3 Å². The Labute approximate surface area is 184 Å². The summed E-state index contributed by atoms with van der Waals surface area (Å²) < 4.78 is 16.4. The summed E-state index contributed by atoms with van der Waals surface area (Å²) in [5.41, 5.74) is 1.81. The first kappa shape index (κ1) is 21.0. The number of hydrogen-bond donors (Lipinski definition) is 0. The van der Waals surface area contributed by atoms with Crippen LogP contribution >= 0.6 is 0 Å².